The van der Waals surface area contributed by atoms with E-state index in [4.69, 9.17) is 0 Å². The minimum atomic E-state index is -0.263. The molecule has 128 valence electrons. The summed E-state index contributed by atoms with van der Waals surface area (Å²) in [5, 5.41) is 10.4. The van der Waals surface area contributed by atoms with Gasteiger partial charge < -0.3 is 5.11 Å². The lowest BCUT2D eigenvalue weighted by atomic mass is 10.2. The van der Waals surface area contributed by atoms with Gasteiger partial charge in [-0.1, -0.05) is 30.3 Å². The zero-order valence-electron chi connectivity index (χ0n) is 14.4. The highest BCUT2D eigenvalue weighted by Crippen LogP contribution is 2.20. The van der Waals surface area contributed by atoms with Crippen molar-refractivity contribution < 1.29 is 5.11 Å². The standard InChI is InChI=1S/C19H31N3O/c1-20(13-17-7-3-2-4-8-17)15-19(23)16-21-12-9-18(14-21)22-10-5-6-11-22/h2-4,7-8,18-19,23H,5-6,9-16H2,1H3. The van der Waals surface area contributed by atoms with Crippen LogP contribution in [-0.4, -0.2) is 78.3 Å². The second-order valence-electron chi connectivity index (χ2n) is 7.28. The highest BCUT2D eigenvalue weighted by Gasteiger charge is 2.30. The minimum absolute atomic E-state index is 0.263. The number of nitrogens with zero attached hydrogens (tertiary/aromatic N) is 3. The molecule has 2 fully saturated rings. The van der Waals surface area contributed by atoms with Gasteiger partial charge >= 0.3 is 0 Å². The number of aliphatic hydroxyl groups excluding tert-OH is 1. The van der Waals surface area contributed by atoms with Crippen molar-refractivity contribution in [1.82, 2.24) is 14.7 Å². The largest absolute Gasteiger partial charge is 0.390 e. The van der Waals surface area contributed by atoms with Crippen LogP contribution in [0.3, 0.4) is 0 Å². The van der Waals surface area contributed by atoms with E-state index in [0.717, 1.165) is 38.8 Å². The van der Waals surface area contributed by atoms with Crippen molar-refractivity contribution in [2.24, 2.45) is 0 Å². The van der Waals surface area contributed by atoms with Gasteiger partial charge in [0.25, 0.3) is 0 Å². The number of likely N-dealkylation sites (N-methyl/N-ethyl adjacent to an activating group) is 1. The molecular weight excluding hydrogens is 286 g/mol. The molecule has 0 bridgehead atoms. The molecule has 2 saturated heterocycles. The van der Waals surface area contributed by atoms with Crippen LogP contribution in [0.25, 0.3) is 0 Å². The first-order valence-corrected chi connectivity index (χ1v) is 9.07. The Hall–Kier alpha value is -0.940. The number of likely N-dealkylation sites (tertiary alicyclic amines) is 2. The third-order valence-electron chi connectivity index (χ3n) is 5.19. The molecule has 0 aliphatic carbocycles. The lowest BCUT2D eigenvalue weighted by Gasteiger charge is -2.26. The van der Waals surface area contributed by atoms with E-state index in [1.54, 1.807) is 0 Å². The van der Waals surface area contributed by atoms with E-state index < -0.39 is 0 Å². The number of hydrogen-bond donors (Lipinski definition) is 1. The smallest absolute Gasteiger partial charge is 0.0793 e. The molecule has 23 heavy (non-hydrogen) atoms. The molecule has 2 aliphatic heterocycles. The highest BCUT2D eigenvalue weighted by atomic mass is 16.3. The Balaban J connectivity index is 1.38. The SMILES string of the molecule is CN(Cc1ccccc1)CC(O)CN1CCC(N2CCCC2)C1. The summed E-state index contributed by atoms with van der Waals surface area (Å²) >= 11 is 0. The van der Waals surface area contributed by atoms with Crippen molar-refractivity contribution in [2.75, 3.05) is 46.3 Å². The van der Waals surface area contributed by atoms with Crippen molar-refractivity contribution in [3.8, 4) is 0 Å². The average Bonchev–Trinajstić information content (AvgIpc) is 3.18. The molecule has 2 atom stereocenters. The predicted octanol–water partition coefficient (Wildman–Crippen LogP) is 1.65. The molecule has 0 saturated carbocycles. The van der Waals surface area contributed by atoms with Gasteiger partial charge in [0.2, 0.25) is 0 Å². The number of hydrogen-bond acceptors (Lipinski definition) is 4. The van der Waals surface area contributed by atoms with Crippen LogP contribution < -0.4 is 0 Å². The number of benzene rings is 1. The van der Waals surface area contributed by atoms with Crippen LogP contribution in [0, 0.1) is 0 Å². The Bertz CT molecular complexity index is 461. The van der Waals surface area contributed by atoms with Crippen LogP contribution in [0.5, 0.6) is 0 Å². The van der Waals surface area contributed by atoms with Gasteiger partial charge in [-0.05, 0) is 51.5 Å². The molecule has 0 radical (unpaired) electrons. The Kier molecular flexibility index (Phi) is 6.06. The van der Waals surface area contributed by atoms with E-state index in [1.807, 2.05) is 6.07 Å². The van der Waals surface area contributed by atoms with Crippen LogP contribution in [0.4, 0.5) is 0 Å². The van der Waals surface area contributed by atoms with Gasteiger partial charge in [0, 0.05) is 32.2 Å². The van der Waals surface area contributed by atoms with Crippen LogP contribution >= 0.6 is 0 Å². The maximum absolute atomic E-state index is 10.4. The van der Waals surface area contributed by atoms with Crippen molar-refractivity contribution in [2.45, 2.75) is 38.0 Å². The van der Waals surface area contributed by atoms with Crippen LogP contribution in [0.15, 0.2) is 30.3 Å². The highest BCUT2D eigenvalue weighted by molar-refractivity contribution is 5.14. The molecule has 0 amide bonds. The molecule has 0 aromatic heterocycles. The third kappa shape index (κ3) is 5.01. The van der Waals surface area contributed by atoms with Gasteiger partial charge in [-0.25, -0.2) is 0 Å². The normalized spacial score (nSPS) is 24.6. The molecule has 4 nitrogen and oxygen atoms in total. The summed E-state index contributed by atoms with van der Waals surface area (Å²) in [6, 6.07) is 11.2. The number of rotatable bonds is 7. The topological polar surface area (TPSA) is 30.0 Å². The molecule has 1 aromatic rings. The van der Waals surface area contributed by atoms with E-state index in [0.29, 0.717) is 0 Å². The molecule has 3 rings (SSSR count). The van der Waals surface area contributed by atoms with Crippen molar-refractivity contribution in [1.29, 1.82) is 0 Å². The zero-order chi connectivity index (χ0) is 16.1. The van der Waals surface area contributed by atoms with Gasteiger partial charge in [0.05, 0.1) is 6.10 Å². The van der Waals surface area contributed by atoms with E-state index in [-0.39, 0.29) is 6.10 Å². The maximum atomic E-state index is 10.4. The molecular formula is C19H31N3O. The van der Waals surface area contributed by atoms with Crippen molar-refractivity contribution >= 4 is 0 Å². The Labute approximate surface area is 140 Å². The first-order valence-electron chi connectivity index (χ1n) is 9.07. The van der Waals surface area contributed by atoms with E-state index >= 15 is 0 Å². The summed E-state index contributed by atoms with van der Waals surface area (Å²) in [5.41, 5.74) is 1.30. The molecule has 0 spiro atoms. The van der Waals surface area contributed by atoms with E-state index in [1.165, 1.54) is 37.9 Å². The first kappa shape index (κ1) is 16.9. The summed E-state index contributed by atoms with van der Waals surface area (Å²) in [4.78, 5) is 7.31. The van der Waals surface area contributed by atoms with Gasteiger partial charge in [0.1, 0.15) is 0 Å². The average molecular weight is 317 g/mol. The Morgan fingerprint density at radius 1 is 1.17 bits per heavy atom. The van der Waals surface area contributed by atoms with Crippen LogP contribution in [-0.2, 0) is 6.54 Å². The Morgan fingerprint density at radius 3 is 2.65 bits per heavy atom. The molecule has 2 heterocycles. The fourth-order valence-corrected chi connectivity index (χ4v) is 4.06. The molecule has 4 heteroatoms. The zero-order valence-corrected chi connectivity index (χ0v) is 14.4. The Morgan fingerprint density at radius 2 is 1.91 bits per heavy atom. The fraction of sp³-hybridized carbons (Fsp3) is 0.684. The molecule has 2 aliphatic rings. The summed E-state index contributed by atoms with van der Waals surface area (Å²) in [6.45, 7) is 7.28. The second kappa shape index (κ2) is 8.25. The molecule has 1 aromatic carbocycles. The van der Waals surface area contributed by atoms with E-state index in [2.05, 4.69) is 46.0 Å². The summed E-state index contributed by atoms with van der Waals surface area (Å²) in [6.07, 6.45) is 3.74. The van der Waals surface area contributed by atoms with E-state index in [9.17, 15) is 5.11 Å². The summed E-state index contributed by atoms with van der Waals surface area (Å²) < 4.78 is 0. The summed E-state index contributed by atoms with van der Waals surface area (Å²) in [5.74, 6) is 0. The quantitative estimate of drug-likeness (QED) is 0.828. The number of β-amino-alcohol motifs (C(OH)–C–C–N with tert-alkyl or cyclic N) is 1. The lowest BCUT2D eigenvalue weighted by Crippen LogP contribution is -2.40. The van der Waals surface area contributed by atoms with Gasteiger partial charge in [0.15, 0.2) is 0 Å². The molecule has 2 unspecified atom stereocenters. The number of aliphatic hydroxyl groups is 1. The van der Waals surface area contributed by atoms with Crippen molar-refractivity contribution in [3.63, 3.8) is 0 Å². The second-order valence-corrected chi connectivity index (χ2v) is 7.28. The molecule has 1 N–H and O–H groups in total. The van der Waals surface area contributed by atoms with Crippen LogP contribution in [0.1, 0.15) is 24.8 Å². The minimum Gasteiger partial charge on any atom is -0.390 e. The van der Waals surface area contributed by atoms with Gasteiger partial charge in [-0.2, -0.15) is 0 Å². The monoisotopic (exact) mass is 317 g/mol. The maximum Gasteiger partial charge on any atom is 0.0793 e. The third-order valence-corrected chi connectivity index (χ3v) is 5.19. The van der Waals surface area contributed by atoms with Gasteiger partial charge in [-0.15, -0.1) is 0 Å². The van der Waals surface area contributed by atoms with Gasteiger partial charge in [-0.3, -0.25) is 14.7 Å². The van der Waals surface area contributed by atoms with Crippen LogP contribution in [0.2, 0.25) is 0 Å². The lowest BCUT2D eigenvalue weighted by molar-refractivity contribution is 0.0854. The fourth-order valence-electron chi connectivity index (χ4n) is 4.06. The first-order chi connectivity index (χ1) is 11.2. The predicted molar refractivity (Wildman–Crippen MR) is 94.4 cm³/mol. The van der Waals surface area contributed by atoms with Crippen molar-refractivity contribution in [3.05, 3.63) is 35.9 Å². The summed E-state index contributed by atoms with van der Waals surface area (Å²) in [7, 11) is 2.09.